The first-order valence-corrected chi connectivity index (χ1v) is 4.19. The van der Waals surface area contributed by atoms with Crippen LogP contribution >= 0.6 is 0 Å². The first kappa shape index (κ1) is 10.8. The van der Waals surface area contributed by atoms with Crippen LogP contribution in [0.3, 0.4) is 0 Å². The predicted molar refractivity (Wildman–Crippen MR) is 54.2 cm³/mol. The summed E-state index contributed by atoms with van der Waals surface area (Å²) in [5.41, 5.74) is 5.40. The molecule has 0 aliphatic rings. The normalized spacial score (nSPS) is 8.80. The van der Waals surface area contributed by atoms with Gasteiger partial charge in [-0.05, 0) is 12.1 Å². The molecule has 0 unspecified atom stereocenters. The van der Waals surface area contributed by atoms with Gasteiger partial charge in [0.2, 0.25) is 5.91 Å². The van der Waals surface area contributed by atoms with Crippen molar-refractivity contribution in [2.24, 2.45) is 5.73 Å². The van der Waals surface area contributed by atoms with E-state index < -0.39 is 5.91 Å². The second kappa shape index (κ2) is 4.82. The highest BCUT2D eigenvalue weighted by atomic mass is 16.3. The molecule has 0 aliphatic carbocycles. The second-order valence-electron chi connectivity index (χ2n) is 2.80. The highest BCUT2D eigenvalue weighted by molar-refractivity contribution is 5.83. The van der Waals surface area contributed by atoms with Gasteiger partial charge >= 0.3 is 0 Å². The molecule has 0 saturated heterocycles. The van der Waals surface area contributed by atoms with E-state index >= 15 is 0 Å². The van der Waals surface area contributed by atoms with Gasteiger partial charge in [0.1, 0.15) is 5.75 Å². The lowest BCUT2D eigenvalue weighted by atomic mass is 10.1. The van der Waals surface area contributed by atoms with Crippen molar-refractivity contribution in [3.63, 3.8) is 0 Å². The molecule has 1 aromatic rings. The lowest BCUT2D eigenvalue weighted by Gasteiger charge is -1.98. The van der Waals surface area contributed by atoms with Crippen LogP contribution < -0.4 is 5.73 Å². The highest BCUT2D eigenvalue weighted by Crippen LogP contribution is 2.17. The Morgan fingerprint density at radius 1 is 1.53 bits per heavy atom. The number of carbonyl (C=O) groups is 2. The van der Waals surface area contributed by atoms with Gasteiger partial charge in [0, 0.05) is 5.56 Å². The minimum atomic E-state index is -0.532. The summed E-state index contributed by atoms with van der Waals surface area (Å²) in [7, 11) is 0. The number of carbonyl (C=O) groups excluding carboxylic acids is 2. The van der Waals surface area contributed by atoms with Crippen molar-refractivity contribution in [3.05, 3.63) is 29.3 Å². The Morgan fingerprint density at radius 3 is 2.87 bits per heavy atom. The Morgan fingerprint density at radius 2 is 2.27 bits per heavy atom. The number of hydrogen-bond donors (Lipinski definition) is 2. The van der Waals surface area contributed by atoms with E-state index in [1.165, 1.54) is 6.07 Å². The number of nitrogens with two attached hydrogens (primary N) is 1. The van der Waals surface area contributed by atoms with Gasteiger partial charge < -0.3 is 10.8 Å². The molecule has 15 heavy (non-hydrogen) atoms. The van der Waals surface area contributed by atoms with Crippen LogP contribution in [0.5, 0.6) is 5.75 Å². The Labute approximate surface area is 86.7 Å². The van der Waals surface area contributed by atoms with Gasteiger partial charge in [-0.25, -0.2) is 0 Å². The molecule has 0 heterocycles. The van der Waals surface area contributed by atoms with Crippen molar-refractivity contribution >= 4 is 12.2 Å². The largest absolute Gasteiger partial charge is 0.507 e. The third-order valence-electron chi connectivity index (χ3n) is 1.69. The molecule has 3 N–H and O–H groups in total. The van der Waals surface area contributed by atoms with Gasteiger partial charge in [-0.3, -0.25) is 9.59 Å². The summed E-state index contributed by atoms with van der Waals surface area (Å²) >= 11 is 0. The molecule has 0 bridgehead atoms. The van der Waals surface area contributed by atoms with E-state index in [4.69, 9.17) is 5.73 Å². The average Bonchev–Trinajstić information content (AvgIpc) is 2.17. The van der Waals surface area contributed by atoms with Gasteiger partial charge in [0.05, 0.1) is 12.0 Å². The lowest BCUT2D eigenvalue weighted by molar-refractivity contribution is -0.117. The fourth-order valence-corrected chi connectivity index (χ4v) is 1.01. The average molecular weight is 203 g/mol. The number of rotatable bonds is 2. The molecule has 1 amide bonds. The number of primary amides is 1. The molecule has 0 fully saturated rings. The highest BCUT2D eigenvalue weighted by Gasteiger charge is 2.03. The van der Waals surface area contributed by atoms with E-state index in [-0.39, 0.29) is 17.7 Å². The quantitative estimate of drug-likeness (QED) is 0.540. The molecule has 4 nitrogen and oxygen atoms in total. The van der Waals surface area contributed by atoms with Gasteiger partial charge in [0.15, 0.2) is 6.29 Å². The summed E-state index contributed by atoms with van der Waals surface area (Å²) in [5.74, 6) is 4.44. The summed E-state index contributed by atoms with van der Waals surface area (Å²) in [6, 6.07) is 4.54. The van der Waals surface area contributed by atoms with Crippen LogP contribution in [-0.2, 0) is 4.79 Å². The van der Waals surface area contributed by atoms with Crippen LogP contribution in [0.2, 0.25) is 0 Å². The summed E-state index contributed by atoms with van der Waals surface area (Å²) < 4.78 is 0. The van der Waals surface area contributed by atoms with Crippen LogP contribution in [0.1, 0.15) is 22.3 Å². The molecule has 0 radical (unpaired) electrons. The summed E-state index contributed by atoms with van der Waals surface area (Å²) in [5, 5.41) is 9.31. The number of phenols is 1. The van der Waals surface area contributed by atoms with Crippen LogP contribution in [0.25, 0.3) is 0 Å². The van der Waals surface area contributed by atoms with Crippen LogP contribution in [0, 0.1) is 11.8 Å². The van der Waals surface area contributed by atoms with E-state index in [2.05, 4.69) is 11.8 Å². The summed E-state index contributed by atoms with van der Waals surface area (Å²) in [4.78, 5) is 21.0. The molecule has 0 atom stereocenters. The monoisotopic (exact) mass is 203 g/mol. The summed E-state index contributed by atoms with van der Waals surface area (Å²) in [6.07, 6.45) is 0.442. The van der Waals surface area contributed by atoms with E-state index in [0.29, 0.717) is 11.8 Å². The molecule has 1 aromatic carbocycles. The van der Waals surface area contributed by atoms with Crippen LogP contribution in [0.15, 0.2) is 18.2 Å². The number of aromatic hydroxyl groups is 1. The zero-order valence-electron chi connectivity index (χ0n) is 7.86. The number of benzene rings is 1. The van der Waals surface area contributed by atoms with Gasteiger partial charge in [-0.15, -0.1) is 0 Å². The number of aldehydes is 1. The minimum absolute atomic E-state index is 0.0754. The van der Waals surface area contributed by atoms with Crippen molar-refractivity contribution in [3.8, 4) is 17.6 Å². The fraction of sp³-hybridized carbons (Fsp3) is 0.0909. The molecule has 0 aliphatic heterocycles. The zero-order chi connectivity index (χ0) is 11.3. The first-order chi connectivity index (χ1) is 7.15. The Hall–Kier alpha value is -2.28. The number of amides is 1. The molecule has 0 spiro atoms. The molecule has 0 aromatic heterocycles. The maximum absolute atomic E-state index is 10.6. The minimum Gasteiger partial charge on any atom is -0.507 e. The maximum Gasteiger partial charge on any atom is 0.229 e. The van der Waals surface area contributed by atoms with Crippen LogP contribution in [-0.4, -0.2) is 17.3 Å². The van der Waals surface area contributed by atoms with E-state index in [0.717, 1.165) is 0 Å². The molecular weight excluding hydrogens is 194 g/mol. The predicted octanol–water partition coefficient (Wildman–Crippen LogP) is 0.432. The van der Waals surface area contributed by atoms with Gasteiger partial charge in [-0.2, -0.15) is 0 Å². The standard InChI is InChI=1S/C11H9NO3/c12-11(15)6-2-4-8-3-1-5-10(14)9(8)7-13/h1,3,5,7,14H,6H2,(H2,12,15). The summed E-state index contributed by atoms with van der Waals surface area (Å²) in [6.45, 7) is 0. The van der Waals surface area contributed by atoms with Crippen molar-refractivity contribution in [2.75, 3.05) is 0 Å². The van der Waals surface area contributed by atoms with E-state index in [1.54, 1.807) is 12.1 Å². The van der Waals surface area contributed by atoms with Crippen molar-refractivity contribution in [1.82, 2.24) is 0 Å². The fourth-order valence-electron chi connectivity index (χ4n) is 1.01. The van der Waals surface area contributed by atoms with Gasteiger partial charge in [-0.1, -0.05) is 17.9 Å². The lowest BCUT2D eigenvalue weighted by Crippen LogP contribution is -2.08. The molecule has 1 rings (SSSR count). The smallest absolute Gasteiger partial charge is 0.229 e. The molecule has 0 saturated carbocycles. The second-order valence-corrected chi connectivity index (χ2v) is 2.80. The van der Waals surface area contributed by atoms with E-state index in [1.807, 2.05) is 0 Å². The van der Waals surface area contributed by atoms with E-state index in [9.17, 15) is 14.7 Å². The first-order valence-electron chi connectivity index (χ1n) is 4.19. The van der Waals surface area contributed by atoms with Gasteiger partial charge in [0.25, 0.3) is 0 Å². The Balaban J connectivity index is 3.02. The van der Waals surface area contributed by atoms with Crippen LogP contribution in [0.4, 0.5) is 0 Å². The molecule has 4 heteroatoms. The Bertz CT molecular complexity index is 455. The third-order valence-corrected chi connectivity index (χ3v) is 1.69. The SMILES string of the molecule is NC(=O)CC#Cc1cccc(O)c1C=O. The third kappa shape index (κ3) is 2.85. The number of phenolic OH excluding ortho intramolecular Hbond substituents is 1. The van der Waals surface area contributed by atoms with Crippen molar-refractivity contribution < 1.29 is 14.7 Å². The molecular formula is C11H9NO3. The van der Waals surface area contributed by atoms with Crippen molar-refractivity contribution in [2.45, 2.75) is 6.42 Å². The van der Waals surface area contributed by atoms with Crippen molar-refractivity contribution in [1.29, 1.82) is 0 Å². The Kier molecular flexibility index (Phi) is 3.47. The zero-order valence-corrected chi connectivity index (χ0v) is 7.86. The topological polar surface area (TPSA) is 80.4 Å². The molecule has 76 valence electrons. The maximum atomic E-state index is 10.6. The number of hydrogen-bond acceptors (Lipinski definition) is 3.